The number of pyridine rings is 1. The maximum atomic E-state index is 11.9. The molecule has 0 aromatic carbocycles. The van der Waals surface area contributed by atoms with Gasteiger partial charge in [0.1, 0.15) is 5.15 Å². The zero-order valence-corrected chi connectivity index (χ0v) is 11.1. The Labute approximate surface area is 111 Å². The van der Waals surface area contributed by atoms with E-state index in [0.717, 1.165) is 12.8 Å². The van der Waals surface area contributed by atoms with E-state index in [1.54, 1.807) is 6.07 Å². The van der Waals surface area contributed by atoms with Crippen LogP contribution in [0.25, 0.3) is 0 Å². The highest BCUT2D eigenvalue weighted by Crippen LogP contribution is 2.25. The minimum absolute atomic E-state index is 0.129. The molecule has 5 heteroatoms. The lowest BCUT2D eigenvalue weighted by Crippen LogP contribution is -2.32. The third kappa shape index (κ3) is 3.11. The molecule has 1 fully saturated rings. The van der Waals surface area contributed by atoms with Gasteiger partial charge in [-0.1, -0.05) is 30.1 Å². The van der Waals surface area contributed by atoms with Crippen molar-refractivity contribution in [1.29, 1.82) is 0 Å². The Morgan fingerprint density at radius 1 is 1.47 bits per heavy atom. The molecular weight excluding hydrogens is 259 g/mol. The summed E-state index contributed by atoms with van der Waals surface area (Å²) >= 11 is 11.5. The number of nitrogens with one attached hydrogen (secondary N) is 1. The van der Waals surface area contributed by atoms with Crippen LogP contribution in [0, 0.1) is 5.92 Å². The first-order valence-corrected chi connectivity index (χ1v) is 6.43. The molecule has 1 heterocycles. The number of rotatable bonds is 2. The topological polar surface area (TPSA) is 42.0 Å². The van der Waals surface area contributed by atoms with Crippen molar-refractivity contribution in [1.82, 2.24) is 10.3 Å². The lowest BCUT2D eigenvalue weighted by molar-refractivity contribution is 0.0937. The standard InChI is InChI=1S/C12H14Cl2N2O/c1-7-2-3-9(4-7)16-12(17)8-5-10(13)11(14)15-6-8/h5-7,9H,2-4H2,1H3,(H,16,17). The van der Waals surface area contributed by atoms with E-state index in [1.807, 2.05) is 0 Å². The van der Waals surface area contributed by atoms with E-state index in [2.05, 4.69) is 17.2 Å². The summed E-state index contributed by atoms with van der Waals surface area (Å²) in [7, 11) is 0. The average molecular weight is 273 g/mol. The second-order valence-electron chi connectivity index (χ2n) is 4.59. The van der Waals surface area contributed by atoms with Crippen molar-refractivity contribution in [2.45, 2.75) is 32.2 Å². The fraction of sp³-hybridized carbons (Fsp3) is 0.500. The van der Waals surface area contributed by atoms with E-state index >= 15 is 0 Å². The van der Waals surface area contributed by atoms with Gasteiger partial charge in [-0.15, -0.1) is 0 Å². The Kier molecular flexibility index (Phi) is 3.89. The molecule has 17 heavy (non-hydrogen) atoms. The van der Waals surface area contributed by atoms with Crippen LogP contribution in [-0.4, -0.2) is 16.9 Å². The van der Waals surface area contributed by atoms with Crippen LogP contribution in [0.5, 0.6) is 0 Å². The summed E-state index contributed by atoms with van der Waals surface area (Å²) < 4.78 is 0. The van der Waals surface area contributed by atoms with Crippen LogP contribution in [0.4, 0.5) is 0 Å². The highest BCUT2D eigenvalue weighted by Gasteiger charge is 2.23. The van der Waals surface area contributed by atoms with Crippen molar-refractivity contribution in [2.24, 2.45) is 5.92 Å². The summed E-state index contributed by atoms with van der Waals surface area (Å²) in [6.07, 6.45) is 4.70. The molecule has 0 spiro atoms. The van der Waals surface area contributed by atoms with E-state index in [-0.39, 0.29) is 17.1 Å². The quantitative estimate of drug-likeness (QED) is 0.840. The van der Waals surface area contributed by atoms with Gasteiger partial charge in [0, 0.05) is 12.2 Å². The van der Waals surface area contributed by atoms with Crippen LogP contribution in [-0.2, 0) is 0 Å². The summed E-state index contributed by atoms with van der Waals surface area (Å²) in [5.74, 6) is 0.558. The molecule has 1 amide bonds. The molecule has 1 aliphatic rings. The third-order valence-electron chi connectivity index (χ3n) is 3.09. The smallest absolute Gasteiger partial charge is 0.253 e. The van der Waals surface area contributed by atoms with Crippen molar-refractivity contribution in [3.8, 4) is 0 Å². The summed E-state index contributed by atoms with van der Waals surface area (Å²) in [6, 6.07) is 1.82. The number of amides is 1. The van der Waals surface area contributed by atoms with Crippen LogP contribution >= 0.6 is 23.2 Å². The molecule has 0 radical (unpaired) electrons. The van der Waals surface area contributed by atoms with E-state index < -0.39 is 0 Å². The van der Waals surface area contributed by atoms with Crippen molar-refractivity contribution in [2.75, 3.05) is 0 Å². The Hall–Kier alpha value is -0.800. The highest BCUT2D eigenvalue weighted by molar-refractivity contribution is 6.41. The van der Waals surface area contributed by atoms with Crippen LogP contribution < -0.4 is 5.32 Å². The van der Waals surface area contributed by atoms with E-state index in [9.17, 15) is 4.79 Å². The van der Waals surface area contributed by atoms with Gasteiger partial charge in [0.2, 0.25) is 0 Å². The molecule has 1 aliphatic carbocycles. The lowest BCUT2D eigenvalue weighted by atomic mass is 10.1. The minimum atomic E-state index is -0.129. The van der Waals surface area contributed by atoms with Crippen LogP contribution in [0.3, 0.4) is 0 Å². The molecular formula is C12H14Cl2N2O. The maximum absolute atomic E-state index is 11.9. The normalized spacial score (nSPS) is 23.7. The number of hydrogen-bond acceptors (Lipinski definition) is 2. The van der Waals surface area contributed by atoms with Gasteiger partial charge in [-0.25, -0.2) is 4.98 Å². The number of halogens is 2. The van der Waals surface area contributed by atoms with E-state index in [4.69, 9.17) is 23.2 Å². The third-order valence-corrected chi connectivity index (χ3v) is 3.77. The molecule has 2 atom stereocenters. The van der Waals surface area contributed by atoms with Gasteiger partial charge >= 0.3 is 0 Å². The van der Waals surface area contributed by atoms with Gasteiger partial charge in [0.15, 0.2) is 0 Å². The lowest BCUT2D eigenvalue weighted by Gasteiger charge is -2.12. The molecule has 3 nitrogen and oxygen atoms in total. The molecule has 0 saturated heterocycles. The predicted molar refractivity (Wildman–Crippen MR) is 68.5 cm³/mol. The van der Waals surface area contributed by atoms with Crippen LogP contribution in [0.2, 0.25) is 10.2 Å². The summed E-state index contributed by atoms with van der Waals surface area (Å²) in [4.78, 5) is 15.8. The monoisotopic (exact) mass is 272 g/mol. The zero-order chi connectivity index (χ0) is 12.4. The molecule has 1 aromatic rings. The zero-order valence-electron chi connectivity index (χ0n) is 9.54. The van der Waals surface area contributed by atoms with Gasteiger partial charge in [0.25, 0.3) is 5.91 Å². The van der Waals surface area contributed by atoms with Crippen molar-refractivity contribution in [3.05, 3.63) is 28.0 Å². The maximum Gasteiger partial charge on any atom is 0.253 e. The minimum Gasteiger partial charge on any atom is -0.349 e. The first-order chi connectivity index (χ1) is 8.06. The van der Waals surface area contributed by atoms with Crippen molar-refractivity contribution >= 4 is 29.1 Å². The molecule has 2 rings (SSSR count). The highest BCUT2D eigenvalue weighted by atomic mass is 35.5. The van der Waals surface area contributed by atoms with Gasteiger partial charge in [-0.3, -0.25) is 4.79 Å². The predicted octanol–water partition coefficient (Wildman–Crippen LogP) is 3.31. The Balaban J connectivity index is 2.02. The van der Waals surface area contributed by atoms with Crippen molar-refractivity contribution in [3.63, 3.8) is 0 Å². The molecule has 2 unspecified atom stereocenters. The fourth-order valence-electron chi connectivity index (χ4n) is 2.15. The largest absolute Gasteiger partial charge is 0.349 e. The second-order valence-corrected chi connectivity index (χ2v) is 5.35. The van der Waals surface area contributed by atoms with Crippen molar-refractivity contribution < 1.29 is 4.79 Å². The summed E-state index contributed by atoms with van der Waals surface area (Å²) in [5, 5.41) is 3.52. The molecule has 1 aromatic heterocycles. The Morgan fingerprint density at radius 3 is 2.82 bits per heavy atom. The Bertz CT molecular complexity index is 437. The number of aromatic nitrogens is 1. The molecule has 1 saturated carbocycles. The number of carbonyl (C=O) groups excluding carboxylic acids is 1. The van der Waals surface area contributed by atoms with Gasteiger partial charge < -0.3 is 5.32 Å². The SMILES string of the molecule is CC1CCC(NC(=O)c2cnc(Cl)c(Cl)c2)C1. The van der Waals surface area contributed by atoms with Gasteiger partial charge in [0.05, 0.1) is 10.6 Å². The first kappa shape index (κ1) is 12.7. The average Bonchev–Trinajstić information content (AvgIpc) is 2.68. The van der Waals surface area contributed by atoms with Crippen LogP contribution in [0.1, 0.15) is 36.5 Å². The fourth-order valence-corrected chi connectivity index (χ4v) is 2.42. The van der Waals surface area contributed by atoms with E-state index in [1.165, 1.54) is 12.6 Å². The number of hydrogen-bond donors (Lipinski definition) is 1. The molecule has 1 N–H and O–H groups in total. The first-order valence-electron chi connectivity index (χ1n) is 5.68. The number of carbonyl (C=O) groups is 1. The summed E-state index contributed by atoms with van der Waals surface area (Å²) in [6.45, 7) is 2.20. The van der Waals surface area contributed by atoms with Gasteiger partial charge in [-0.05, 0) is 31.2 Å². The molecule has 0 bridgehead atoms. The van der Waals surface area contributed by atoms with E-state index in [0.29, 0.717) is 16.5 Å². The van der Waals surface area contributed by atoms with Crippen LogP contribution in [0.15, 0.2) is 12.3 Å². The number of nitrogens with zero attached hydrogens (tertiary/aromatic N) is 1. The Morgan fingerprint density at radius 2 is 2.24 bits per heavy atom. The summed E-state index contributed by atoms with van der Waals surface area (Å²) in [5.41, 5.74) is 0.457. The van der Waals surface area contributed by atoms with Gasteiger partial charge in [-0.2, -0.15) is 0 Å². The molecule has 0 aliphatic heterocycles. The second kappa shape index (κ2) is 5.23. The molecule has 92 valence electrons.